The quantitative estimate of drug-likeness (QED) is 0.452. The molecule has 0 radical (unpaired) electrons. The summed E-state index contributed by atoms with van der Waals surface area (Å²) >= 11 is 0. The van der Waals surface area contributed by atoms with Gasteiger partial charge >= 0.3 is 0 Å². The predicted molar refractivity (Wildman–Crippen MR) is 81.1 cm³/mol. The highest BCUT2D eigenvalue weighted by atomic mass is 28.4. The van der Waals surface area contributed by atoms with Crippen LogP contribution in [-0.2, 0) is 8.85 Å². The summed E-state index contributed by atoms with van der Waals surface area (Å²) in [7, 11) is -3.01. The van der Waals surface area contributed by atoms with Crippen molar-refractivity contribution in [3.63, 3.8) is 0 Å². The highest BCUT2D eigenvalue weighted by molar-refractivity contribution is 6.73. The normalized spacial score (nSPS) is 13.7. The fourth-order valence-corrected chi connectivity index (χ4v) is 5.12. The minimum atomic E-state index is -1.51. The molecule has 0 aliphatic heterocycles. The monoisotopic (exact) mass is 274 g/mol. The molecule has 0 atom stereocenters. The average Bonchev–Trinajstić information content (AvgIpc) is 2.28. The maximum Gasteiger partial charge on any atom is 0.249 e. The van der Waals surface area contributed by atoms with E-state index in [2.05, 4.69) is 47.3 Å². The first-order valence-electron chi connectivity index (χ1n) is 6.88. The van der Waals surface area contributed by atoms with Gasteiger partial charge in [-0.1, -0.05) is 27.7 Å². The maximum atomic E-state index is 6.15. The van der Waals surface area contributed by atoms with E-state index < -0.39 is 16.6 Å². The molecule has 0 heterocycles. The van der Waals surface area contributed by atoms with Crippen LogP contribution in [0.25, 0.3) is 0 Å². The molecule has 0 bridgehead atoms. The Morgan fingerprint density at radius 1 is 0.941 bits per heavy atom. The summed E-state index contributed by atoms with van der Waals surface area (Å²) in [5.41, 5.74) is 0. The third-order valence-corrected chi connectivity index (χ3v) is 8.52. The molecule has 0 aliphatic rings. The Morgan fingerprint density at radius 2 is 1.41 bits per heavy atom. The molecule has 4 heteroatoms. The van der Waals surface area contributed by atoms with E-state index in [9.17, 15) is 0 Å². The maximum absolute atomic E-state index is 6.15. The van der Waals surface area contributed by atoms with Crippen molar-refractivity contribution in [1.82, 2.24) is 0 Å². The van der Waals surface area contributed by atoms with Crippen LogP contribution in [0.4, 0.5) is 0 Å². The molecule has 2 nitrogen and oxygen atoms in total. The molecular weight excluding hydrogens is 244 g/mol. The lowest BCUT2D eigenvalue weighted by molar-refractivity contribution is 0.358. The van der Waals surface area contributed by atoms with Crippen LogP contribution in [0.3, 0.4) is 0 Å². The summed E-state index contributed by atoms with van der Waals surface area (Å²) in [5.74, 6) is 1.02. The topological polar surface area (TPSA) is 18.5 Å². The van der Waals surface area contributed by atoms with Gasteiger partial charge in [0.1, 0.15) is 12.0 Å². The summed E-state index contributed by atoms with van der Waals surface area (Å²) in [5, 5.41) is 0. The third kappa shape index (κ3) is 6.31. The summed E-state index contributed by atoms with van der Waals surface area (Å²) in [6, 6.07) is 3.54. The lowest BCUT2D eigenvalue weighted by Gasteiger charge is -2.28. The van der Waals surface area contributed by atoms with Crippen molar-refractivity contribution in [2.75, 3.05) is 0 Å². The number of hydrogen-bond acceptors (Lipinski definition) is 2. The van der Waals surface area contributed by atoms with E-state index in [0.29, 0.717) is 0 Å². The van der Waals surface area contributed by atoms with Gasteiger partial charge in [0.25, 0.3) is 0 Å². The second-order valence-electron chi connectivity index (χ2n) is 5.51. The van der Waals surface area contributed by atoms with Gasteiger partial charge in [-0.15, -0.1) is 0 Å². The Morgan fingerprint density at radius 3 is 1.71 bits per heavy atom. The van der Waals surface area contributed by atoms with Crippen LogP contribution < -0.4 is 0 Å². The van der Waals surface area contributed by atoms with Crippen molar-refractivity contribution >= 4 is 16.6 Å². The summed E-state index contributed by atoms with van der Waals surface area (Å²) in [6.45, 7) is 15.5. The van der Waals surface area contributed by atoms with Gasteiger partial charge < -0.3 is 8.85 Å². The first-order valence-corrected chi connectivity index (χ1v) is 12.8. The Bertz CT molecular complexity index is 232. The molecule has 0 unspecified atom stereocenters. The van der Waals surface area contributed by atoms with Crippen LogP contribution in [0, 0.1) is 0 Å². The van der Waals surface area contributed by atoms with Gasteiger partial charge in [-0.2, -0.15) is 0 Å². The molecule has 17 heavy (non-hydrogen) atoms. The number of allylic oxidation sites excluding steroid dienone is 1. The Balaban J connectivity index is 4.64. The molecule has 102 valence electrons. The van der Waals surface area contributed by atoms with Gasteiger partial charge in [0, 0.05) is 6.42 Å². The Hall–Kier alpha value is -0.226. The summed E-state index contributed by atoms with van der Waals surface area (Å²) in [6.07, 6.45) is 2.84. The first kappa shape index (κ1) is 16.8. The Kier molecular flexibility index (Phi) is 7.17. The zero-order chi connectivity index (χ0) is 13.5. The molecule has 0 fully saturated rings. The SMILES string of the molecule is CC/C(=C/O[Si](CC)(CC)CC)O[Si](C)(C)C. The van der Waals surface area contributed by atoms with E-state index in [0.717, 1.165) is 12.2 Å². The van der Waals surface area contributed by atoms with Crippen LogP contribution in [-0.4, -0.2) is 16.6 Å². The fourth-order valence-electron chi connectivity index (χ4n) is 1.76. The van der Waals surface area contributed by atoms with E-state index in [1.807, 2.05) is 6.26 Å². The van der Waals surface area contributed by atoms with Gasteiger partial charge in [-0.3, -0.25) is 0 Å². The van der Waals surface area contributed by atoms with Crippen LogP contribution in [0.15, 0.2) is 12.0 Å². The molecule has 0 rings (SSSR count). The van der Waals surface area contributed by atoms with Crippen LogP contribution >= 0.6 is 0 Å². The standard InChI is InChI=1S/C13H30O2Si2/c1-8-13(15-16(5,6)7)12-14-17(9-2,10-3)11-4/h12H,8-11H2,1-7H3/b13-12-. The van der Waals surface area contributed by atoms with Crippen LogP contribution in [0.1, 0.15) is 34.1 Å². The van der Waals surface area contributed by atoms with E-state index in [1.54, 1.807) is 0 Å². The lowest BCUT2D eigenvalue weighted by atomic mass is 10.4. The van der Waals surface area contributed by atoms with E-state index in [-0.39, 0.29) is 0 Å². The average molecular weight is 275 g/mol. The van der Waals surface area contributed by atoms with E-state index in [1.165, 1.54) is 18.1 Å². The lowest BCUT2D eigenvalue weighted by Crippen LogP contribution is -2.34. The number of rotatable bonds is 8. The van der Waals surface area contributed by atoms with E-state index >= 15 is 0 Å². The van der Waals surface area contributed by atoms with Crippen LogP contribution in [0.5, 0.6) is 0 Å². The summed E-state index contributed by atoms with van der Waals surface area (Å²) < 4.78 is 12.2. The minimum absolute atomic E-state index is 0.923. The van der Waals surface area contributed by atoms with Crippen molar-refractivity contribution < 1.29 is 8.85 Å². The second-order valence-corrected chi connectivity index (χ2v) is 14.7. The zero-order valence-electron chi connectivity index (χ0n) is 12.7. The molecule has 0 aromatic rings. The predicted octanol–water partition coefficient (Wildman–Crippen LogP) is 5.11. The van der Waals surface area contributed by atoms with Crippen molar-refractivity contribution in [3.05, 3.63) is 12.0 Å². The van der Waals surface area contributed by atoms with Crippen molar-refractivity contribution in [1.29, 1.82) is 0 Å². The highest BCUT2D eigenvalue weighted by Crippen LogP contribution is 2.23. The molecule has 0 saturated heterocycles. The molecule has 0 aliphatic carbocycles. The van der Waals surface area contributed by atoms with Gasteiger partial charge in [0.05, 0.1) is 0 Å². The fraction of sp³-hybridized carbons (Fsp3) is 0.846. The molecule has 0 aromatic carbocycles. The van der Waals surface area contributed by atoms with Crippen molar-refractivity contribution in [2.24, 2.45) is 0 Å². The van der Waals surface area contributed by atoms with Gasteiger partial charge in [-0.25, -0.2) is 0 Å². The molecule has 0 spiro atoms. The van der Waals surface area contributed by atoms with Gasteiger partial charge in [0.2, 0.25) is 16.6 Å². The minimum Gasteiger partial charge on any atom is -0.546 e. The molecule has 0 aromatic heterocycles. The number of hydrogen-bond donors (Lipinski definition) is 0. The second kappa shape index (κ2) is 7.26. The smallest absolute Gasteiger partial charge is 0.249 e. The largest absolute Gasteiger partial charge is 0.546 e. The molecular formula is C13H30O2Si2. The highest BCUT2D eigenvalue weighted by Gasteiger charge is 2.29. The van der Waals surface area contributed by atoms with Gasteiger partial charge in [0.15, 0.2) is 0 Å². The zero-order valence-corrected chi connectivity index (χ0v) is 14.7. The molecule has 0 N–H and O–H groups in total. The van der Waals surface area contributed by atoms with E-state index in [4.69, 9.17) is 8.85 Å². The first-order chi connectivity index (χ1) is 7.82. The third-order valence-electron chi connectivity index (χ3n) is 3.16. The van der Waals surface area contributed by atoms with Crippen molar-refractivity contribution in [3.8, 4) is 0 Å². The van der Waals surface area contributed by atoms with Gasteiger partial charge in [-0.05, 0) is 37.8 Å². The Labute approximate surface area is 110 Å². The summed E-state index contributed by atoms with van der Waals surface area (Å²) in [4.78, 5) is 0. The van der Waals surface area contributed by atoms with Crippen molar-refractivity contribution in [2.45, 2.75) is 71.9 Å². The molecule has 0 saturated carbocycles. The molecule has 0 amide bonds. The van der Waals surface area contributed by atoms with Crippen LogP contribution in [0.2, 0.25) is 37.8 Å².